The predicted octanol–water partition coefficient (Wildman–Crippen LogP) is -2.25. The zero-order chi connectivity index (χ0) is 28.2. The topological polar surface area (TPSA) is 55.3 Å². The second-order valence-electron chi connectivity index (χ2n) is 6.14. The van der Waals surface area contributed by atoms with Crippen molar-refractivity contribution >= 4 is 7.32 Å². The molecular weight excluding hydrogens is 598 g/mol. The first-order valence-electron chi connectivity index (χ1n) is 7.44. The van der Waals surface area contributed by atoms with Crippen molar-refractivity contribution in [3.05, 3.63) is 0 Å². The van der Waals surface area contributed by atoms with E-state index in [1.165, 1.54) is 0 Å². The van der Waals surface area contributed by atoms with E-state index in [9.17, 15) is 93.5 Å². The van der Waals surface area contributed by atoms with Crippen molar-refractivity contribution in [2.24, 2.45) is 0 Å². The van der Waals surface area contributed by atoms with E-state index in [1.54, 1.807) is 0 Å². The summed E-state index contributed by atoms with van der Waals surface area (Å²) >= 11 is 0. The van der Waals surface area contributed by atoms with E-state index in [0.29, 0.717) is 0 Å². The fraction of sp³-hybridized carbons (Fsp3) is 1.00. The summed E-state index contributed by atoms with van der Waals surface area (Å²) in [5.41, 5.74) is -8.79. The molecular formula is C11H4BF19Na2O3. The molecule has 0 saturated carbocycles. The van der Waals surface area contributed by atoms with Crippen molar-refractivity contribution in [2.75, 3.05) is 6.61 Å². The van der Waals surface area contributed by atoms with Crippen molar-refractivity contribution in [2.45, 2.75) is 60.0 Å². The number of alkyl halides is 19. The van der Waals surface area contributed by atoms with Gasteiger partial charge in [0.25, 0.3) is 0 Å². The van der Waals surface area contributed by atoms with Gasteiger partial charge in [0.2, 0.25) is 0 Å². The summed E-state index contributed by atoms with van der Waals surface area (Å²) in [5.74, 6) is -50.6. The summed E-state index contributed by atoms with van der Waals surface area (Å²) < 4.78 is 250. The first kappa shape index (κ1) is 41.1. The molecule has 0 aromatic heterocycles. The van der Waals surface area contributed by atoms with Gasteiger partial charge in [0.05, 0.1) is 7.32 Å². The third-order valence-electron chi connectivity index (χ3n) is 3.92. The molecule has 0 aliphatic rings. The Morgan fingerprint density at radius 1 is 0.472 bits per heavy atom. The molecule has 204 valence electrons. The van der Waals surface area contributed by atoms with Gasteiger partial charge in [0.15, 0.2) is 0 Å². The van der Waals surface area contributed by atoms with Crippen molar-refractivity contribution in [1.29, 1.82) is 0 Å². The Hall–Kier alpha value is 0.615. The first-order chi connectivity index (χ1) is 14.4. The van der Waals surface area contributed by atoms with E-state index in [1.807, 2.05) is 0 Å². The molecule has 0 aromatic carbocycles. The number of halogens is 19. The maximum Gasteiger partial charge on any atom is 1.00 e. The predicted molar refractivity (Wildman–Crippen MR) is 62.0 cm³/mol. The summed E-state index contributed by atoms with van der Waals surface area (Å²) in [5, 5.41) is 19.7. The van der Waals surface area contributed by atoms with Crippen LogP contribution < -0.4 is 69.2 Å². The number of hydrogen-bond acceptors (Lipinski definition) is 3. The zero-order valence-electron chi connectivity index (χ0n) is 16.9. The molecule has 0 spiro atoms. The van der Waals surface area contributed by atoms with Gasteiger partial charge in [0, 0.05) is 13.0 Å². The summed E-state index contributed by atoms with van der Waals surface area (Å²) in [4.78, 5) is 0. The van der Waals surface area contributed by atoms with E-state index in [2.05, 4.69) is 4.65 Å². The van der Waals surface area contributed by atoms with Crippen LogP contribution in [0.25, 0.3) is 0 Å². The molecule has 25 heteroatoms. The second kappa shape index (κ2) is 11.6. The van der Waals surface area contributed by atoms with Crippen molar-refractivity contribution in [3.63, 3.8) is 0 Å². The van der Waals surface area contributed by atoms with Gasteiger partial charge in [-0.2, -0.15) is 79.0 Å². The molecule has 0 saturated heterocycles. The second-order valence-corrected chi connectivity index (χ2v) is 6.14. The summed E-state index contributed by atoms with van der Waals surface area (Å²) in [6.45, 7) is -2.30. The molecule has 0 rings (SSSR count). The van der Waals surface area contributed by atoms with Gasteiger partial charge in [-0.1, -0.05) is 0 Å². The van der Waals surface area contributed by atoms with Crippen LogP contribution in [0.4, 0.5) is 83.4 Å². The van der Waals surface area contributed by atoms with Gasteiger partial charge < -0.3 is 14.7 Å². The van der Waals surface area contributed by atoms with Crippen LogP contribution in [-0.2, 0) is 4.65 Å². The Kier molecular flexibility index (Phi) is 13.3. The van der Waals surface area contributed by atoms with Crippen LogP contribution in [0.3, 0.4) is 0 Å². The molecule has 3 nitrogen and oxygen atoms in total. The number of rotatable bonds is 10. The van der Waals surface area contributed by atoms with Crippen LogP contribution in [0.15, 0.2) is 0 Å². The van der Waals surface area contributed by atoms with Crippen molar-refractivity contribution in [1.82, 2.24) is 0 Å². The largest absolute Gasteiger partial charge is 1.00 e. The van der Waals surface area contributed by atoms with Crippen LogP contribution >= 0.6 is 0 Å². The normalized spacial score (nSPS) is 15.2. The summed E-state index contributed by atoms with van der Waals surface area (Å²) in [7, 11) is -3.60. The molecule has 0 radical (unpaired) electrons. The Labute approximate surface area is 230 Å². The Morgan fingerprint density at radius 2 is 0.750 bits per heavy atom. The van der Waals surface area contributed by atoms with Gasteiger partial charge in [-0.15, -0.1) is 0 Å². The summed E-state index contributed by atoms with van der Waals surface area (Å²) in [6, 6.07) is 0. The Morgan fingerprint density at radius 3 is 1.03 bits per heavy atom. The molecule has 36 heavy (non-hydrogen) atoms. The molecule has 0 bridgehead atoms. The Bertz CT molecular complexity index is 708. The van der Waals surface area contributed by atoms with Crippen LogP contribution in [0.2, 0.25) is 0 Å². The molecule has 0 unspecified atom stereocenters. The van der Waals surface area contributed by atoms with Gasteiger partial charge >= 0.3 is 113 Å². The fourth-order valence-corrected chi connectivity index (χ4v) is 1.99. The molecule has 0 aliphatic carbocycles. The van der Waals surface area contributed by atoms with Gasteiger partial charge in [-0.25, -0.2) is 4.39 Å². The van der Waals surface area contributed by atoms with Crippen LogP contribution in [0.5, 0.6) is 0 Å². The molecule has 0 N–H and O–H groups in total. The average Bonchev–Trinajstić information content (AvgIpc) is 2.57. The van der Waals surface area contributed by atoms with Crippen molar-refractivity contribution < 1.29 is 157 Å². The maximum atomic E-state index is 13.4. The Balaban J connectivity index is -0.00000544. The number of hydrogen-bond donors (Lipinski definition) is 0. The molecule has 0 aromatic rings. The van der Waals surface area contributed by atoms with E-state index in [4.69, 9.17) is 0 Å². The third-order valence-corrected chi connectivity index (χ3v) is 3.92. The molecule has 0 atom stereocenters. The minimum absolute atomic E-state index is 0. The van der Waals surface area contributed by atoms with Gasteiger partial charge in [0.1, 0.15) is 0 Å². The minimum atomic E-state index is -9.09. The van der Waals surface area contributed by atoms with Crippen LogP contribution in [-0.4, -0.2) is 67.5 Å². The molecule has 0 heterocycles. The van der Waals surface area contributed by atoms with E-state index < -0.39 is 73.9 Å². The summed E-state index contributed by atoms with van der Waals surface area (Å²) in [6.07, 6.45) is -19.8. The standard InChI is InChI=1S/C11H4BF19O3.2Na/c13-3(14,1-2-34-12(32)33)5(16,17)7(20,21)9(24,25)8(22,23)6(18,19)4(15,10(26,27)28)11(29,30)31;;/h1-2H2;;/q-2;2*+1. The van der Waals surface area contributed by atoms with Crippen LogP contribution in [0.1, 0.15) is 6.42 Å². The zero-order valence-corrected chi connectivity index (χ0v) is 20.9. The fourth-order valence-electron chi connectivity index (χ4n) is 1.99. The monoisotopic (exact) mass is 602 g/mol. The SMILES string of the molecule is [Na+].[Na+].[O-]B([O-])OCCC(F)(F)C(F)(F)C(F)(F)C(F)(F)C(F)(F)C(F)(F)C(F)(C(F)(F)F)C(F)(F)F. The molecule has 0 aliphatic heterocycles. The quantitative estimate of drug-likeness (QED) is 0.210. The smallest absolute Gasteiger partial charge is 0.871 e. The van der Waals surface area contributed by atoms with Crippen molar-refractivity contribution in [3.8, 4) is 0 Å². The maximum absolute atomic E-state index is 13.4. The van der Waals surface area contributed by atoms with E-state index >= 15 is 0 Å². The van der Waals surface area contributed by atoms with E-state index in [0.717, 1.165) is 0 Å². The minimum Gasteiger partial charge on any atom is -0.871 e. The van der Waals surface area contributed by atoms with Gasteiger partial charge in [-0.05, 0) is 0 Å². The van der Waals surface area contributed by atoms with E-state index in [-0.39, 0.29) is 59.1 Å². The molecule has 0 fully saturated rings. The molecule has 0 amide bonds. The van der Waals surface area contributed by atoms with Gasteiger partial charge in [-0.3, -0.25) is 0 Å². The third kappa shape index (κ3) is 6.17. The average molecular weight is 602 g/mol. The van der Waals surface area contributed by atoms with Crippen LogP contribution in [0, 0.1) is 0 Å². The first-order valence-corrected chi connectivity index (χ1v) is 7.44.